The minimum atomic E-state index is 0.357. The molecule has 0 fully saturated rings. The van der Waals surface area contributed by atoms with Crippen molar-refractivity contribution in [1.29, 1.82) is 10.5 Å². The van der Waals surface area contributed by atoms with Crippen LogP contribution >= 0.6 is 22.7 Å². The second-order valence-corrected chi connectivity index (χ2v) is 20.6. The Kier molecular flexibility index (Phi) is 9.29. The Bertz CT molecular complexity index is 4950. The highest BCUT2D eigenvalue weighted by Gasteiger charge is 2.27. The van der Waals surface area contributed by atoms with Gasteiger partial charge in [0.15, 0.2) is 17.5 Å². The number of thiophene rings is 2. The second kappa shape index (κ2) is 16.4. The van der Waals surface area contributed by atoms with Crippen molar-refractivity contribution in [3.05, 3.63) is 223 Å². The van der Waals surface area contributed by atoms with Crippen molar-refractivity contribution in [2.75, 3.05) is 0 Å². The summed E-state index contributed by atoms with van der Waals surface area (Å²) < 4.78 is 9.53. The molecule has 0 unspecified atom stereocenters. The van der Waals surface area contributed by atoms with E-state index in [9.17, 15) is 10.5 Å². The molecule has 0 amide bonds. The summed E-state index contributed by atoms with van der Waals surface area (Å²) in [6.45, 7) is 0. The fourth-order valence-electron chi connectivity index (χ4n) is 11.3. The van der Waals surface area contributed by atoms with Gasteiger partial charge in [-0.1, -0.05) is 146 Å². The quantitative estimate of drug-likeness (QED) is 0.165. The lowest BCUT2D eigenvalue weighted by molar-refractivity contribution is 1.06. The van der Waals surface area contributed by atoms with Gasteiger partial charge in [0, 0.05) is 67.5 Å². The Morgan fingerprint density at radius 2 is 0.865 bits per heavy atom. The number of rotatable bonds is 6. The third kappa shape index (κ3) is 6.18. The first-order chi connectivity index (χ1) is 36.6. The summed E-state index contributed by atoms with van der Waals surface area (Å²) in [5.41, 5.74) is 10.5. The molecule has 0 N–H and O–H groups in total. The maximum Gasteiger partial charge on any atom is 0.167 e. The van der Waals surface area contributed by atoms with Crippen LogP contribution in [0.5, 0.6) is 0 Å². The summed E-state index contributed by atoms with van der Waals surface area (Å²) in [7, 11) is 0. The van der Waals surface area contributed by atoms with Crippen LogP contribution in [0.3, 0.4) is 0 Å². The minimum Gasteiger partial charge on any atom is -0.308 e. The van der Waals surface area contributed by atoms with E-state index in [-0.39, 0.29) is 0 Å². The van der Waals surface area contributed by atoms with Crippen LogP contribution < -0.4 is 0 Å². The third-order valence-corrected chi connectivity index (χ3v) is 16.9. The van der Waals surface area contributed by atoms with Gasteiger partial charge in [0.1, 0.15) is 0 Å². The molecule has 0 aliphatic heterocycles. The number of hydrogen-bond acceptors (Lipinski definition) is 7. The fraction of sp³-hybridized carbons (Fsp3) is 0. The molecule has 0 aliphatic carbocycles. The Labute approximate surface area is 431 Å². The third-order valence-electron chi connectivity index (χ3n) is 14.5. The van der Waals surface area contributed by atoms with Crippen molar-refractivity contribution < 1.29 is 0 Å². The Morgan fingerprint density at radius 1 is 0.365 bits per heavy atom. The van der Waals surface area contributed by atoms with Gasteiger partial charge in [0.05, 0.1) is 67.8 Å². The molecular weight excluding hydrogens is 943 g/mol. The molecule has 74 heavy (non-hydrogen) atoms. The van der Waals surface area contributed by atoms with E-state index in [4.69, 9.17) is 15.0 Å². The van der Waals surface area contributed by atoms with Crippen LogP contribution in [-0.2, 0) is 0 Å². The molecule has 5 heterocycles. The lowest BCUT2D eigenvalue weighted by atomic mass is 9.95. The van der Waals surface area contributed by atoms with E-state index in [1.165, 1.54) is 45.7 Å². The van der Waals surface area contributed by atoms with Crippen molar-refractivity contribution in [3.8, 4) is 68.8 Å². The van der Waals surface area contributed by atoms with Crippen LogP contribution in [0.15, 0.2) is 212 Å². The summed E-state index contributed by atoms with van der Waals surface area (Å²) in [6.07, 6.45) is 0. The molecule has 15 aromatic rings. The number of benzene rings is 10. The predicted molar refractivity (Wildman–Crippen MR) is 305 cm³/mol. The summed E-state index contributed by atoms with van der Waals surface area (Å²) in [5.74, 6) is 1.23. The van der Waals surface area contributed by atoms with Crippen LogP contribution in [-0.4, -0.2) is 24.1 Å². The van der Waals surface area contributed by atoms with Gasteiger partial charge in [-0.2, -0.15) is 10.5 Å². The summed E-state index contributed by atoms with van der Waals surface area (Å²) in [5, 5.41) is 31.0. The zero-order valence-electron chi connectivity index (χ0n) is 39.2. The van der Waals surface area contributed by atoms with Crippen LogP contribution in [0, 0.1) is 22.7 Å². The van der Waals surface area contributed by atoms with Gasteiger partial charge in [-0.25, -0.2) is 15.0 Å². The van der Waals surface area contributed by atoms with E-state index in [1.807, 2.05) is 89.4 Å². The predicted octanol–water partition coefficient (Wildman–Crippen LogP) is 17.2. The highest BCUT2D eigenvalue weighted by molar-refractivity contribution is 7.27. The molecule has 10 aromatic carbocycles. The van der Waals surface area contributed by atoms with E-state index in [0.29, 0.717) is 34.2 Å². The molecule has 9 heteroatoms. The first-order valence-corrected chi connectivity index (χ1v) is 25.9. The van der Waals surface area contributed by atoms with Crippen LogP contribution in [0.25, 0.3) is 141 Å². The molecule has 0 saturated heterocycles. The van der Waals surface area contributed by atoms with Crippen molar-refractivity contribution in [1.82, 2.24) is 24.1 Å². The molecule has 0 bridgehead atoms. The van der Waals surface area contributed by atoms with E-state index < -0.39 is 0 Å². The largest absolute Gasteiger partial charge is 0.308 e. The van der Waals surface area contributed by atoms with Gasteiger partial charge < -0.3 is 9.13 Å². The first-order valence-electron chi connectivity index (χ1n) is 24.3. The van der Waals surface area contributed by atoms with E-state index in [1.54, 1.807) is 0 Å². The monoisotopic (exact) mass is 977 g/mol. The van der Waals surface area contributed by atoms with Gasteiger partial charge >= 0.3 is 0 Å². The number of hydrogen-bond donors (Lipinski definition) is 0. The fourth-order valence-corrected chi connectivity index (χ4v) is 13.8. The Balaban J connectivity index is 1.06. The SMILES string of the molecule is N#Cc1cccc(-c2cccc(-n3c4ccccc4c4c5sc6ccccc6c5ccc43)c2-c2nc(-c3ccccc3)nc(-c3c(C#N)cccc3-n3c4ccccc4c4c5sc6ccccc6c5ccc43)n2)c1. The van der Waals surface area contributed by atoms with Crippen LogP contribution in [0.4, 0.5) is 0 Å². The topological polar surface area (TPSA) is 96.1 Å². The average Bonchev–Trinajstić information content (AvgIpc) is 4.28. The molecule has 0 spiro atoms. The summed E-state index contributed by atoms with van der Waals surface area (Å²) in [6, 6.07) is 78.1. The number of nitrogens with zero attached hydrogens (tertiary/aromatic N) is 7. The number of nitriles is 2. The highest BCUT2D eigenvalue weighted by Crippen LogP contribution is 2.48. The molecular formula is C65H35N7S2. The Hall–Kier alpha value is -9.77. The molecule has 0 radical (unpaired) electrons. The lowest BCUT2D eigenvalue weighted by Gasteiger charge is -2.19. The van der Waals surface area contributed by atoms with Crippen molar-refractivity contribution in [2.24, 2.45) is 0 Å². The van der Waals surface area contributed by atoms with Gasteiger partial charge in [0.2, 0.25) is 0 Å². The van der Waals surface area contributed by atoms with Crippen LogP contribution in [0.1, 0.15) is 11.1 Å². The number of aromatic nitrogens is 5. The van der Waals surface area contributed by atoms with E-state index in [2.05, 4.69) is 167 Å². The van der Waals surface area contributed by atoms with E-state index >= 15 is 0 Å². The lowest BCUT2D eigenvalue weighted by Crippen LogP contribution is -2.07. The normalized spacial score (nSPS) is 11.8. The molecule has 0 atom stereocenters. The van der Waals surface area contributed by atoms with Gasteiger partial charge in [-0.3, -0.25) is 0 Å². The summed E-state index contributed by atoms with van der Waals surface area (Å²) >= 11 is 3.63. The minimum absolute atomic E-state index is 0.357. The molecule has 0 aliphatic rings. The van der Waals surface area contributed by atoms with Gasteiger partial charge in [-0.05, 0) is 77.9 Å². The van der Waals surface area contributed by atoms with Crippen molar-refractivity contribution in [3.63, 3.8) is 0 Å². The zero-order chi connectivity index (χ0) is 49.0. The van der Waals surface area contributed by atoms with Gasteiger partial charge in [-0.15, -0.1) is 22.7 Å². The second-order valence-electron chi connectivity index (χ2n) is 18.5. The highest BCUT2D eigenvalue weighted by atomic mass is 32.1. The smallest absolute Gasteiger partial charge is 0.167 e. The van der Waals surface area contributed by atoms with Crippen molar-refractivity contribution >= 4 is 107 Å². The average molecular weight is 978 g/mol. The zero-order valence-corrected chi connectivity index (χ0v) is 40.8. The standard InChI is InChI=1S/C65H35N7S2/c66-36-38-15-12-18-40(35-38)42-24-14-28-52(72-50-26-9-5-23-48(50)59-54(72)34-32-46-44-21-7-11-30-56(44)74-62(46)59)60(42)65-69-63(39-16-2-1-3-17-39)68-64(70-65)57-41(37-67)19-13-27-51(57)71-49-25-8-4-22-47(49)58-53(71)33-31-45-43-20-6-10-29-55(43)73-61(45)58/h1-35H. The number of fused-ring (bicyclic) bond motifs is 14. The van der Waals surface area contributed by atoms with Crippen molar-refractivity contribution in [2.45, 2.75) is 0 Å². The molecule has 15 rings (SSSR count). The maximum atomic E-state index is 11.2. The molecule has 7 nitrogen and oxygen atoms in total. The maximum absolute atomic E-state index is 11.2. The first kappa shape index (κ1) is 42.0. The van der Waals surface area contributed by atoms with Crippen LogP contribution in [0.2, 0.25) is 0 Å². The van der Waals surface area contributed by atoms with E-state index in [0.717, 1.165) is 71.9 Å². The van der Waals surface area contributed by atoms with Gasteiger partial charge in [0.25, 0.3) is 0 Å². The Morgan fingerprint density at radius 3 is 1.47 bits per heavy atom. The summed E-state index contributed by atoms with van der Waals surface area (Å²) in [4.78, 5) is 16.4. The molecule has 5 aromatic heterocycles. The molecule has 0 saturated carbocycles. The molecule has 342 valence electrons. The number of para-hydroxylation sites is 2.